The van der Waals surface area contributed by atoms with Gasteiger partial charge in [0.1, 0.15) is 23.7 Å². The van der Waals surface area contributed by atoms with Crippen LogP contribution in [0.3, 0.4) is 0 Å². The Morgan fingerprint density at radius 3 is 2.82 bits per heavy atom. The first-order chi connectivity index (χ1) is 18.6. The van der Waals surface area contributed by atoms with Crippen molar-refractivity contribution < 1.29 is 29.0 Å². The van der Waals surface area contributed by atoms with Crippen LogP contribution < -0.4 is 10.6 Å². The molecule has 2 aromatic rings. The lowest BCUT2D eigenvalue weighted by Crippen LogP contribution is -2.81. The highest BCUT2D eigenvalue weighted by Gasteiger charge is 2.67. The number of amides is 4. The first-order valence-corrected chi connectivity index (χ1v) is 14.1. The highest BCUT2D eigenvalue weighted by Crippen LogP contribution is 2.47. The molecule has 39 heavy (non-hydrogen) atoms. The molecule has 0 radical (unpaired) electrons. The average molecular weight is 594 g/mol. The number of carbonyl (C=O) groups excluding carboxylic acids is 3. The number of tetrazole rings is 1. The van der Waals surface area contributed by atoms with Crippen LogP contribution in [0.1, 0.15) is 10.9 Å². The molecule has 0 aromatic carbocycles. The fourth-order valence-corrected chi connectivity index (χ4v) is 7.14. The lowest BCUT2D eigenvalue weighted by molar-refractivity contribution is -0.192. The van der Waals surface area contributed by atoms with E-state index in [1.54, 1.807) is 24.6 Å². The van der Waals surface area contributed by atoms with Crippen LogP contribution in [0.4, 0.5) is 4.79 Å². The summed E-state index contributed by atoms with van der Waals surface area (Å²) in [6.07, 6.45) is 0. The van der Waals surface area contributed by atoms with Crippen LogP contribution in [0.25, 0.3) is 0 Å². The number of thioether (sulfide) groups is 2. The van der Waals surface area contributed by atoms with Crippen LogP contribution in [0.15, 0.2) is 33.9 Å². The number of fused-ring (bicyclic) bond motifs is 1. The van der Waals surface area contributed by atoms with Crippen molar-refractivity contribution in [1.82, 2.24) is 40.6 Å². The Bertz CT molecular complexity index is 1360. The molecule has 2 aromatic heterocycles. The van der Waals surface area contributed by atoms with Gasteiger partial charge in [0.25, 0.3) is 17.5 Å². The Labute approximate surface area is 234 Å². The number of carboxylic acid groups (broad SMARTS) is 1. The monoisotopic (exact) mass is 593 g/mol. The second-order valence-electron chi connectivity index (χ2n) is 8.31. The Morgan fingerprint density at radius 2 is 2.23 bits per heavy atom. The summed E-state index contributed by atoms with van der Waals surface area (Å²) in [5.41, 5.74) is -1.55. The number of hydrogen-bond acceptors (Lipinski definition) is 12. The summed E-state index contributed by atoms with van der Waals surface area (Å²) in [5.74, 6) is -2.30. The van der Waals surface area contributed by atoms with Crippen LogP contribution in [0.5, 0.6) is 0 Å². The molecule has 0 bridgehead atoms. The number of carboxylic acids is 1. The number of nitrogens with zero attached hydrogens (tertiary/aromatic N) is 7. The predicted octanol–water partition coefficient (Wildman–Crippen LogP) is -0.0173. The van der Waals surface area contributed by atoms with Crippen LogP contribution in [-0.2, 0) is 26.2 Å². The van der Waals surface area contributed by atoms with Crippen molar-refractivity contribution in [2.45, 2.75) is 22.3 Å². The van der Waals surface area contributed by atoms with Gasteiger partial charge in [0, 0.05) is 37.6 Å². The standard InChI is InChI=1S/C21H23N9O6S3/c1-28(7-6-22)19(35)23-13(12-5-4-8-37-12)15(31)24-21(36-3)17(34)30-14(16(32)33)11(9-38-18(21)30)10-39-20-25-26-27-29(20)2/h4-5,8,13,18H,7,9-10H2,1-3H3,(H,23,35)(H,24,31)(H,32,33)/t13?,18?,21-/m0/s1. The molecule has 2 aliphatic rings. The number of nitrogens with one attached hydrogen (secondary N) is 2. The molecule has 0 aliphatic carbocycles. The van der Waals surface area contributed by atoms with Crippen molar-refractivity contribution in [3.63, 3.8) is 0 Å². The quantitative estimate of drug-likeness (QED) is 0.144. The highest BCUT2D eigenvalue weighted by molar-refractivity contribution is 8.01. The van der Waals surface area contributed by atoms with Gasteiger partial charge in [0.2, 0.25) is 5.16 Å². The lowest BCUT2D eigenvalue weighted by atomic mass is 9.97. The molecule has 2 aliphatic heterocycles. The number of methoxy groups -OCH3 is 1. The molecular weight excluding hydrogens is 570 g/mol. The zero-order valence-corrected chi connectivity index (χ0v) is 23.3. The van der Waals surface area contributed by atoms with Gasteiger partial charge in [-0.15, -0.1) is 28.2 Å². The summed E-state index contributed by atoms with van der Waals surface area (Å²) in [7, 11) is 4.30. The summed E-state index contributed by atoms with van der Waals surface area (Å²) >= 11 is 3.68. The molecule has 0 saturated carbocycles. The predicted molar refractivity (Wildman–Crippen MR) is 139 cm³/mol. The Balaban J connectivity index is 1.56. The van der Waals surface area contributed by atoms with E-state index >= 15 is 0 Å². The third-order valence-electron chi connectivity index (χ3n) is 5.91. The zero-order valence-electron chi connectivity index (χ0n) is 20.9. The Kier molecular flexibility index (Phi) is 8.44. The van der Waals surface area contributed by atoms with Crippen LogP contribution in [0.2, 0.25) is 0 Å². The highest BCUT2D eigenvalue weighted by atomic mass is 32.2. The lowest BCUT2D eigenvalue weighted by Gasteiger charge is -2.56. The number of urea groups is 1. The fourth-order valence-electron chi connectivity index (χ4n) is 3.94. The van der Waals surface area contributed by atoms with Crippen LogP contribution >= 0.6 is 34.9 Å². The second kappa shape index (κ2) is 11.6. The van der Waals surface area contributed by atoms with E-state index in [1.807, 2.05) is 6.07 Å². The molecule has 4 rings (SSSR count). The third kappa shape index (κ3) is 5.30. The van der Waals surface area contributed by atoms with Gasteiger partial charge >= 0.3 is 12.0 Å². The van der Waals surface area contributed by atoms with E-state index in [1.165, 1.54) is 53.7 Å². The van der Waals surface area contributed by atoms with Crippen LogP contribution in [0, 0.1) is 11.3 Å². The molecule has 3 N–H and O–H groups in total. The van der Waals surface area contributed by atoms with E-state index in [9.17, 15) is 24.3 Å². The van der Waals surface area contributed by atoms with Crippen molar-refractivity contribution in [2.75, 3.05) is 32.2 Å². The molecule has 18 heteroatoms. The van der Waals surface area contributed by atoms with Crippen molar-refractivity contribution >= 4 is 58.7 Å². The van der Waals surface area contributed by atoms with Gasteiger partial charge in [-0.2, -0.15) is 5.26 Å². The zero-order chi connectivity index (χ0) is 28.3. The molecule has 0 spiro atoms. The maximum atomic E-state index is 13.5. The maximum absolute atomic E-state index is 13.5. The number of aryl methyl sites for hydroxylation is 1. The van der Waals surface area contributed by atoms with Crippen molar-refractivity contribution in [1.29, 1.82) is 5.26 Å². The number of β-lactam (4-membered cyclic amide) rings is 1. The SMILES string of the molecule is CO[C@@]1(NC(=O)C(NC(=O)N(C)CC#N)c2cccs2)C(=O)N2C(C(=O)O)=C(CSc3nnnn3C)CSC21. The third-order valence-corrected chi connectivity index (χ3v) is 9.32. The van der Waals surface area contributed by atoms with E-state index in [2.05, 4.69) is 26.2 Å². The number of nitriles is 1. The van der Waals surface area contributed by atoms with E-state index in [0.717, 1.165) is 9.80 Å². The minimum Gasteiger partial charge on any atom is -0.477 e. The Morgan fingerprint density at radius 1 is 1.46 bits per heavy atom. The van der Waals surface area contributed by atoms with Gasteiger partial charge in [-0.05, 0) is 27.4 Å². The minimum atomic E-state index is -1.85. The summed E-state index contributed by atoms with van der Waals surface area (Å²) in [6.45, 7) is -0.198. The number of ether oxygens (including phenoxy) is 1. The number of carbonyl (C=O) groups is 4. The van der Waals surface area contributed by atoms with Crippen molar-refractivity contribution in [2.24, 2.45) is 7.05 Å². The summed E-state index contributed by atoms with van der Waals surface area (Å²) in [4.78, 5) is 54.4. The van der Waals surface area contributed by atoms with Gasteiger partial charge in [-0.25, -0.2) is 14.3 Å². The number of hydrogen-bond donors (Lipinski definition) is 3. The molecule has 2 unspecified atom stereocenters. The molecule has 4 amide bonds. The molecule has 1 saturated heterocycles. The van der Waals surface area contributed by atoms with E-state index in [0.29, 0.717) is 15.6 Å². The molecule has 15 nitrogen and oxygen atoms in total. The number of rotatable bonds is 10. The van der Waals surface area contributed by atoms with Gasteiger partial charge in [-0.1, -0.05) is 17.8 Å². The van der Waals surface area contributed by atoms with Gasteiger partial charge in [-0.3, -0.25) is 14.5 Å². The van der Waals surface area contributed by atoms with Crippen molar-refractivity contribution in [3.05, 3.63) is 33.7 Å². The number of aromatic nitrogens is 4. The summed E-state index contributed by atoms with van der Waals surface area (Å²) in [5, 5.41) is 36.6. The van der Waals surface area contributed by atoms with Crippen molar-refractivity contribution in [3.8, 4) is 6.07 Å². The first kappa shape index (κ1) is 28.4. The van der Waals surface area contributed by atoms with Gasteiger partial charge in [0.15, 0.2) is 0 Å². The smallest absolute Gasteiger partial charge is 0.352 e. The average Bonchev–Trinajstić information content (AvgIpc) is 3.60. The van der Waals surface area contributed by atoms with E-state index in [4.69, 9.17) is 10.00 Å². The molecule has 1 fully saturated rings. The normalized spacial score (nSPS) is 20.9. The topological polar surface area (TPSA) is 196 Å². The molecule has 3 atom stereocenters. The largest absolute Gasteiger partial charge is 0.477 e. The molecule has 4 heterocycles. The Hall–Kier alpha value is -3.66. The van der Waals surface area contributed by atoms with E-state index in [-0.39, 0.29) is 23.7 Å². The van der Waals surface area contributed by atoms with Gasteiger partial charge in [0.05, 0.1) is 6.07 Å². The van der Waals surface area contributed by atoms with Gasteiger partial charge < -0.3 is 25.4 Å². The maximum Gasteiger partial charge on any atom is 0.352 e. The second-order valence-corrected chi connectivity index (χ2v) is 11.3. The molecule has 206 valence electrons. The fraction of sp³-hybridized carbons (Fsp3) is 0.429. The van der Waals surface area contributed by atoms with Crippen LogP contribution in [-0.4, -0.2) is 102 Å². The van der Waals surface area contributed by atoms with E-state index < -0.39 is 41.0 Å². The number of thiophene rings is 1. The number of aliphatic carboxylic acids is 1. The first-order valence-electron chi connectivity index (χ1n) is 11.2. The minimum absolute atomic E-state index is 0.186. The summed E-state index contributed by atoms with van der Waals surface area (Å²) in [6, 6.07) is 3.34. The molecular formula is C21H23N9O6S3. The summed E-state index contributed by atoms with van der Waals surface area (Å²) < 4.78 is 6.98.